The second-order valence-corrected chi connectivity index (χ2v) is 6.39. The molecule has 1 atom stereocenters. The Bertz CT molecular complexity index is 915. The van der Waals surface area contributed by atoms with Crippen LogP contribution in [0.4, 0.5) is 0 Å². The summed E-state index contributed by atoms with van der Waals surface area (Å²) < 4.78 is 21.5. The van der Waals surface area contributed by atoms with Gasteiger partial charge in [-0.3, -0.25) is 14.4 Å². The molecule has 0 saturated carbocycles. The van der Waals surface area contributed by atoms with E-state index in [1.54, 1.807) is 18.2 Å². The minimum Gasteiger partial charge on any atom is -0.485 e. The number of carbonyl (C=O) groups is 3. The Labute approximate surface area is 162 Å². The number of benzene rings is 2. The van der Waals surface area contributed by atoms with E-state index in [1.807, 2.05) is 12.1 Å². The van der Waals surface area contributed by atoms with Gasteiger partial charge in [0.05, 0.1) is 0 Å². The van der Waals surface area contributed by atoms with E-state index < -0.39 is 11.9 Å². The first kappa shape index (κ1) is 19.4. The summed E-state index contributed by atoms with van der Waals surface area (Å²) in [5.74, 6) is 0.189. The largest absolute Gasteiger partial charge is 0.485 e. The Hall–Kier alpha value is -3.35. The molecule has 0 N–H and O–H groups in total. The summed E-state index contributed by atoms with van der Waals surface area (Å²) in [4.78, 5) is 33.8. The van der Waals surface area contributed by atoms with Gasteiger partial charge in [0.25, 0.3) is 0 Å². The average Bonchev–Trinajstić information content (AvgIpc) is 2.60. The number of rotatable bonds is 4. The lowest BCUT2D eigenvalue weighted by Crippen LogP contribution is -2.17. The van der Waals surface area contributed by atoms with Crippen LogP contribution in [0.5, 0.6) is 23.0 Å². The van der Waals surface area contributed by atoms with Crippen LogP contribution in [0.25, 0.3) is 0 Å². The highest BCUT2D eigenvalue weighted by Crippen LogP contribution is 2.42. The Morgan fingerprint density at radius 2 is 1.46 bits per heavy atom. The molecular weight excluding hydrogens is 364 g/mol. The van der Waals surface area contributed by atoms with Gasteiger partial charge in [-0.05, 0) is 30.5 Å². The zero-order valence-corrected chi connectivity index (χ0v) is 15.8. The van der Waals surface area contributed by atoms with Crippen LogP contribution in [-0.4, -0.2) is 17.9 Å². The van der Waals surface area contributed by atoms with Crippen LogP contribution in [0.15, 0.2) is 36.4 Å². The van der Waals surface area contributed by atoms with Crippen molar-refractivity contribution >= 4 is 17.9 Å². The fourth-order valence-electron chi connectivity index (χ4n) is 3.06. The first-order valence-corrected chi connectivity index (χ1v) is 8.80. The number of esters is 3. The molecule has 28 heavy (non-hydrogen) atoms. The van der Waals surface area contributed by atoms with Crippen molar-refractivity contribution in [3.8, 4) is 23.0 Å². The maximum atomic E-state index is 11.4. The molecule has 7 heteroatoms. The highest BCUT2D eigenvalue weighted by atomic mass is 16.6. The van der Waals surface area contributed by atoms with Crippen LogP contribution in [0.2, 0.25) is 0 Å². The predicted molar refractivity (Wildman–Crippen MR) is 98.5 cm³/mol. The Morgan fingerprint density at radius 1 is 0.857 bits per heavy atom. The van der Waals surface area contributed by atoms with Crippen LogP contribution in [0, 0.1) is 0 Å². The molecule has 0 fully saturated rings. The third kappa shape index (κ3) is 4.68. The maximum Gasteiger partial charge on any atom is 0.308 e. The van der Waals surface area contributed by atoms with Gasteiger partial charge in [0.2, 0.25) is 0 Å². The molecule has 2 aromatic rings. The highest BCUT2D eigenvalue weighted by Gasteiger charge is 2.26. The molecule has 0 aromatic heterocycles. The second kappa shape index (κ2) is 8.12. The van der Waals surface area contributed by atoms with E-state index in [1.165, 1.54) is 26.8 Å². The van der Waals surface area contributed by atoms with Crippen molar-refractivity contribution in [3.63, 3.8) is 0 Å². The molecule has 0 amide bonds. The SMILES string of the molecule is CC(=O)Oc1ccc([C@@H]2CCc3c(OC(C)=O)cc(OC(C)=O)cc3O2)cc1. The van der Waals surface area contributed by atoms with Gasteiger partial charge in [0, 0.05) is 38.5 Å². The van der Waals surface area contributed by atoms with Crippen LogP contribution in [0.3, 0.4) is 0 Å². The van der Waals surface area contributed by atoms with Gasteiger partial charge in [-0.25, -0.2) is 0 Å². The average molecular weight is 384 g/mol. The fourth-order valence-corrected chi connectivity index (χ4v) is 3.06. The smallest absolute Gasteiger partial charge is 0.308 e. The normalized spacial score (nSPS) is 15.0. The summed E-state index contributed by atoms with van der Waals surface area (Å²) >= 11 is 0. The van der Waals surface area contributed by atoms with Gasteiger partial charge >= 0.3 is 17.9 Å². The molecule has 1 aliphatic rings. The standard InChI is InChI=1S/C21H20O7/c1-12(22)25-16-6-4-15(5-7-16)19-9-8-18-20(27-14(3)24)10-17(26-13(2)23)11-21(18)28-19/h4-7,10-11,19H,8-9H2,1-3H3/t19-/m0/s1. The monoisotopic (exact) mass is 384 g/mol. The summed E-state index contributed by atoms with van der Waals surface area (Å²) in [6.45, 7) is 3.94. The molecule has 0 radical (unpaired) electrons. The molecule has 0 saturated heterocycles. The zero-order chi connectivity index (χ0) is 20.3. The van der Waals surface area contributed by atoms with Crippen LogP contribution in [-0.2, 0) is 20.8 Å². The molecular formula is C21H20O7. The molecule has 1 aliphatic heterocycles. The van der Waals surface area contributed by atoms with Crippen molar-refractivity contribution in [2.24, 2.45) is 0 Å². The van der Waals surface area contributed by atoms with E-state index in [9.17, 15) is 14.4 Å². The van der Waals surface area contributed by atoms with Crippen molar-refractivity contribution in [2.75, 3.05) is 0 Å². The third-order valence-corrected chi connectivity index (χ3v) is 4.10. The lowest BCUT2D eigenvalue weighted by molar-refractivity contribution is -0.133. The molecule has 3 rings (SSSR count). The molecule has 7 nitrogen and oxygen atoms in total. The molecule has 0 aliphatic carbocycles. The fraction of sp³-hybridized carbons (Fsp3) is 0.286. The number of hydrogen-bond acceptors (Lipinski definition) is 7. The van der Waals surface area contributed by atoms with Crippen molar-refractivity contribution in [3.05, 3.63) is 47.5 Å². The number of fused-ring (bicyclic) bond motifs is 1. The number of hydrogen-bond donors (Lipinski definition) is 0. The van der Waals surface area contributed by atoms with E-state index in [0.717, 1.165) is 11.1 Å². The van der Waals surface area contributed by atoms with Crippen molar-refractivity contribution in [2.45, 2.75) is 39.7 Å². The van der Waals surface area contributed by atoms with Crippen molar-refractivity contribution in [1.29, 1.82) is 0 Å². The first-order valence-electron chi connectivity index (χ1n) is 8.80. The summed E-state index contributed by atoms with van der Waals surface area (Å²) in [6.07, 6.45) is 1.05. The summed E-state index contributed by atoms with van der Waals surface area (Å²) in [5.41, 5.74) is 1.66. The topological polar surface area (TPSA) is 88.1 Å². The lowest BCUT2D eigenvalue weighted by atomic mass is 9.96. The molecule has 2 aromatic carbocycles. The summed E-state index contributed by atoms with van der Waals surface area (Å²) in [7, 11) is 0. The molecule has 146 valence electrons. The van der Waals surface area contributed by atoms with E-state index in [4.69, 9.17) is 18.9 Å². The molecule has 1 heterocycles. The summed E-state index contributed by atoms with van der Waals surface area (Å²) in [6, 6.07) is 10.2. The van der Waals surface area contributed by atoms with Gasteiger partial charge in [-0.1, -0.05) is 12.1 Å². The van der Waals surface area contributed by atoms with Crippen molar-refractivity contribution < 1.29 is 33.3 Å². The van der Waals surface area contributed by atoms with E-state index >= 15 is 0 Å². The second-order valence-electron chi connectivity index (χ2n) is 6.39. The highest BCUT2D eigenvalue weighted by molar-refractivity contribution is 5.73. The Balaban J connectivity index is 1.87. The van der Waals surface area contributed by atoms with Crippen molar-refractivity contribution in [1.82, 2.24) is 0 Å². The van der Waals surface area contributed by atoms with Crippen LogP contribution < -0.4 is 18.9 Å². The quantitative estimate of drug-likeness (QED) is 0.588. The minimum atomic E-state index is -0.484. The zero-order valence-electron chi connectivity index (χ0n) is 15.8. The molecule has 0 spiro atoms. The number of ether oxygens (including phenoxy) is 4. The van der Waals surface area contributed by atoms with E-state index in [2.05, 4.69) is 0 Å². The first-order chi connectivity index (χ1) is 13.3. The van der Waals surface area contributed by atoms with Crippen LogP contribution in [0.1, 0.15) is 44.4 Å². The van der Waals surface area contributed by atoms with Gasteiger partial charge in [-0.2, -0.15) is 0 Å². The Kier molecular flexibility index (Phi) is 5.63. The van der Waals surface area contributed by atoms with Crippen LogP contribution >= 0.6 is 0 Å². The van der Waals surface area contributed by atoms with Gasteiger partial charge in [0.15, 0.2) is 0 Å². The van der Waals surface area contributed by atoms with E-state index in [-0.39, 0.29) is 17.8 Å². The molecule has 0 bridgehead atoms. The van der Waals surface area contributed by atoms with Gasteiger partial charge in [-0.15, -0.1) is 0 Å². The lowest BCUT2D eigenvalue weighted by Gasteiger charge is -2.28. The van der Waals surface area contributed by atoms with Gasteiger partial charge in [0.1, 0.15) is 29.1 Å². The Morgan fingerprint density at radius 3 is 2.07 bits per heavy atom. The predicted octanol–water partition coefficient (Wildman–Crippen LogP) is 3.53. The number of carbonyl (C=O) groups excluding carboxylic acids is 3. The summed E-state index contributed by atoms with van der Waals surface area (Å²) in [5, 5.41) is 0. The third-order valence-electron chi connectivity index (χ3n) is 4.10. The minimum absolute atomic E-state index is 0.239. The maximum absolute atomic E-state index is 11.4. The van der Waals surface area contributed by atoms with Gasteiger partial charge < -0.3 is 18.9 Å². The molecule has 0 unspecified atom stereocenters. The van der Waals surface area contributed by atoms with E-state index in [0.29, 0.717) is 30.1 Å².